The summed E-state index contributed by atoms with van der Waals surface area (Å²) in [6.07, 6.45) is 22.8. The lowest BCUT2D eigenvalue weighted by atomic mass is 10.1. The Bertz CT molecular complexity index is 1020. The summed E-state index contributed by atoms with van der Waals surface area (Å²) in [5, 5.41) is 0. The van der Waals surface area contributed by atoms with Crippen LogP contribution in [-0.4, -0.2) is 73.4 Å². The first kappa shape index (κ1) is 51.4. The standard InChI is InChI=1S/C13H24O2.C11H20O2.C10H14O5.C6H9NO/c1-3-5-6-7-8-9-10-11-12-15-13(14)4-2;1-3-5-6-7-8-9-10-13-11(12)4-2;1-7(2)10(13)15-5-4-14-9(12)6-8(3)11;1-2-7-5-3-4-6(7)8/h4H,2-3,5-12H2,1H3;4H,2-3,5-10H2,1H3;1,4-6H2,2-3H3;2H,1,3-5H2. The van der Waals surface area contributed by atoms with Gasteiger partial charge in [-0.2, -0.15) is 0 Å². The fraction of sp³-hybridized carbons (Fsp3) is 0.650. The number of ketones is 1. The molecule has 0 atom stereocenters. The molecule has 11 nitrogen and oxygen atoms in total. The van der Waals surface area contributed by atoms with Crippen molar-refractivity contribution in [1.29, 1.82) is 0 Å². The highest BCUT2D eigenvalue weighted by Gasteiger charge is 2.16. The van der Waals surface area contributed by atoms with Gasteiger partial charge in [0.25, 0.3) is 0 Å². The Hall–Kier alpha value is -4.02. The van der Waals surface area contributed by atoms with Crippen LogP contribution in [0.3, 0.4) is 0 Å². The number of unbranched alkanes of at least 4 members (excludes halogenated alkanes) is 12. The Morgan fingerprint density at radius 1 is 0.647 bits per heavy atom. The van der Waals surface area contributed by atoms with E-state index in [1.54, 1.807) is 11.1 Å². The maximum absolute atomic E-state index is 10.8. The van der Waals surface area contributed by atoms with Crippen LogP contribution < -0.4 is 0 Å². The zero-order chi connectivity index (χ0) is 39.1. The highest BCUT2D eigenvalue weighted by Crippen LogP contribution is 2.09. The maximum Gasteiger partial charge on any atom is 0.333 e. The van der Waals surface area contributed by atoms with Gasteiger partial charge in [-0.15, -0.1) is 0 Å². The Balaban J connectivity index is -0.000000614. The van der Waals surface area contributed by atoms with Gasteiger partial charge in [0, 0.05) is 30.7 Å². The molecule has 11 heteroatoms. The van der Waals surface area contributed by atoms with Crippen molar-refractivity contribution in [2.24, 2.45) is 0 Å². The van der Waals surface area contributed by atoms with Crippen LogP contribution >= 0.6 is 0 Å². The zero-order valence-corrected chi connectivity index (χ0v) is 32.1. The molecule has 1 aliphatic rings. The number of esters is 4. The van der Waals surface area contributed by atoms with Gasteiger partial charge in [-0.3, -0.25) is 14.4 Å². The Labute approximate surface area is 307 Å². The summed E-state index contributed by atoms with van der Waals surface area (Å²) in [5.41, 5.74) is 0.282. The number of carbonyl (C=O) groups is 6. The van der Waals surface area contributed by atoms with Crippen LogP contribution in [0.2, 0.25) is 0 Å². The monoisotopic (exact) mass is 721 g/mol. The molecular formula is C40H67NO10. The summed E-state index contributed by atoms with van der Waals surface area (Å²) in [7, 11) is 0. The summed E-state index contributed by atoms with van der Waals surface area (Å²) in [6.45, 7) is 22.7. The van der Waals surface area contributed by atoms with Gasteiger partial charge in [0.15, 0.2) is 0 Å². The smallest absolute Gasteiger partial charge is 0.333 e. The van der Waals surface area contributed by atoms with E-state index in [0.717, 1.165) is 38.6 Å². The molecule has 0 saturated carbocycles. The Morgan fingerprint density at radius 2 is 1.08 bits per heavy atom. The van der Waals surface area contributed by atoms with Gasteiger partial charge in [-0.25, -0.2) is 14.4 Å². The van der Waals surface area contributed by atoms with E-state index in [2.05, 4.69) is 49.6 Å². The molecule has 0 unspecified atom stereocenters. The summed E-state index contributed by atoms with van der Waals surface area (Å²) in [6, 6.07) is 0. The third kappa shape index (κ3) is 40.3. The number of nitrogens with zero attached hydrogens (tertiary/aromatic N) is 1. The number of carbonyl (C=O) groups excluding carboxylic acids is 6. The average Bonchev–Trinajstić information content (AvgIpc) is 3.53. The minimum Gasteiger partial charge on any atom is -0.463 e. The molecule has 0 radical (unpaired) electrons. The first-order valence-electron chi connectivity index (χ1n) is 18.4. The summed E-state index contributed by atoms with van der Waals surface area (Å²) >= 11 is 0. The first-order chi connectivity index (χ1) is 24.4. The minimum atomic E-state index is -0.617. The van der Waals surface area contributed by atoms with Crippen molar-refractivity contribution in [3.8, 4) is 0 Å². The molecule has 1 aliphatic heterocycles. The van der Waals surface area contributed by atoms with E-state index in [9.17, 15) is 28.8 Å². The molecule has 0 spiro atoms. The molecule has 1 saturated heterocycles. The van der Waals surface area contributed by atoms with E-state index in [-0.39, 0.29) is 48.8 Å². The first-order valence-corrected chi connectivity index (χ1v) is 18.4. The van der Waals surface area contributed by atoms with Gasteiger partial charge in [0.1, 0.15) is 25.4 Å². The van der Waals surface area contributed by atoms with Crippen molar-refractivity contribution < 1.29 is 47.7 Å². The number of rotatable bonds is 25. The molecule has 51 heavy (non-hydrogen) atoms. The highest BCUT2D eigenvalue weighted by atomic mass is 16.6. The molecule has 0 bridgehead atoms. The predicted octanol–water partition coefficient (Wildman–Crippen LogP) is 8.31. The molecule has 1 rings (SSSR count). The topological polar surface area (TPSA) is 143 Å². The Morgan fingerprint density at radius 3 is 1.41 bits per heavy atom. The van der Waals surface area contributed by atoms with Gasteiger partial charge in [0.05, 0.1) is 13.2 Å². The van der Waals surface area contributed by atoms with E-state index in [1.165, 1.54) is 90.2 Å². The van der Waals surface area contributed by atoms with Gasteiger partial charge in [-0.1, -0.05) is 117 Å². The molecular weight excluding hydrogens is 654 g/mol. The number of hydrogen-bond acceptors (Lipinski definition) is 10. The summed E-state index contributed by atoms with van der Waals surface area (Å²) < 4.78 is 19.0. The predicted molar refractivity (Wildman–Crippen MR) is 201 cm³/mol. The average molecular weight is 722 g/mol. The van der Waals surface area contributed by atoms with Gasteiger partial charge < -0.3 is 23.8 Å². The largest absolute Gasteiger partial charge is 0.463 e. The van der Waals surface area contributed by atoms with E-state index in [1.807, 2.05) is 0 Å². The third-order valence-corrected chi connectivity index (χ3v) is 6.97. The quantitative estimate of drug-likeness (QED) is 0.0297. The lowest BCUT2D eigenvalue weighted by Crippen LogP contribution is -2.16. The van der Waals surface area contributed by atoms with Crippen molar-refractivity contribution >= 4 is 35.6 Å². The number of hydrogen-bond donors (Lipinski definition) is 0. The van der Waals surface area contributed by atoms with Gasteiger partial charge in [-0.05, 0) is 39.3 Å². The minimum absolute atomic E-state index is 0.0324. The molecule has 1 fully saturated rings. The normalized spacial score (nSPS) is 11.1. The fourth-order valence-electron chi connectivity index (χ4n) is 4.11. The van der Waals surface area contributed by atoms with E-state index >= 15 is 0 Å². The van der Waals surface area contributed by atoms with E-state index in [0.29, 0.717) is 19.6 Å². The molecule has 292 valence electrons. The second-order valence-corrected chi connectivity index (χ2v) is 11.9. The second-order valence-electron chi connectivity index (χ2n) is 11.9. The van der Waals surface area contributed by atoms with Crippen molar-refractivity contribution in [2.45, 2.75) is 137 Å². The van der Waals surface area contributed by atoms with Crippen LogP contribution in [0, 0.1) is 0 Å². The SMILES string of the molecule is C=C(C)C(=O)OCCOC(=O)CC(C)=O.C=CC(=O)OCCCCCCCC.C=CC(=O)OCCCCCCCCCC.C=CN1CCCC1=O. The molecule has 0 aromatic rings. The van der Waals surface area contributed by atoms with Crippen LogP contribution in [0.25, 0.3) is 0 Å². The van der Waals surface area contributed by atoms with Crippen LogP contribution in [0.15, 0.2) is 50.2 Å². The van der Waals surface area contributed by atoms with E-state index < -0.39 is 11.9 Å². The summed E-state index contributed by atoms with van der Waals surface area (Å²) in [5.74, 6) is -1.82. The van der Waals surface area contributed by atoms with Crippen molar-refractivity contribution in [3.63, 3.8) is 0 Å². The third-order valence-electron chi connectivity index (χ3n) is 6.97. The zero-order valence-electron chi connectivity index (χ0n) is 32.1. The maximum atomic E-state index is 10.8. The van der Waals surface area contributed by atoms with Crippen molar-refractivity contribution in [2.75, 3.05) is 33.0 Å². The molecule has 0 N–H and O–H groups in total. The van der Waals surface area contributed by atoms with Crippen molar-refractivity contribution in [3.05, 3.63) is 50.2 Å². The van der Waals surface area contributed by atoms with Crippen LogP contribution in [-0.2, 0) is 47.7 Å². The lowest BCUT2D eigenvalue weighted by Gasteiger charge is -2.05. The van der Waals surface area contributed by atoms with Gasteiger partial charge in [0.2, 0.25) is 5.91 Å². The van der Waals surface area contributed by atoms with Crippen LogP contribution in [0.5, 0.6) is 0 Å². The molecule has 0 aromatic carbocycles. The van der Waals surface area contributed by atoms with Gasteiger partial charge >= 0.3 is 23.9 Å². The number of ether oxygens (including phenoxy) is 4. The summed E-state index contributed by atoms with van der Waals surface area (Å²) in [4.78, 5) is 65.8. The Kier molecular flexibility index (Phi) is 39.0. The molecule has 0 aliphatic carbocycles. The number of Topliss-reactive ketones (excluding diaryl/α,β-unsaturated/α-hetero) is 1. The lowest BCUT2D eigenvalue weighted by molar-refractivity contribution is -0.151. The van der Waals surface area contributed by atoms with Crippen LogP contribution in [0.1, 0.15) is 137 Å². The molecule has 0 aromatic heterocycles. The number of likely N-dealkylation sites (tertiary alicyclic amines) is 1. The molecule has 1 heterocycles. The highest BCUT2D eigenvalue weighted by molar-refractivity contribution is 5.94. The second kappa shape index (κ2) is 38.8. The number of amides is 1. The van der Waals surface area contributed by atoms with Crippen molar-refractivity contribution in [1.82, 2.24) is 4.90 Å². The van der Waals surface area contributed by atoms with E-state index in [4.69, 9.17) is 9.47 Å². The fourth-order valence-corrected chi connectivity index (χ4v) is 4.11. The van der Waals surface area contributed by atoms with Crippen LogP contribution in [0.4, 0.5) is 0 Å². The molecule has 1 amide bonds.